The number of rotatable bonds is 5. The highest BCUT2D eigenvalue weighted by molar-refractivity contribution is 8.00. The van der Waals surface area contributed by atoms with Gasteiger partial charge in [-0.05, 0) is 6.26 Å². The zero-order valence-electron chi connectivity index (χ0n) is 9.74. The minimum Gasteiger partial charge on any atom is -0.301 e. The number of nitrogens with zero attached hydrogens (tertiary/aromatic N) is 3. The molecule has 2 N–H and O–H groups in total. The lowest BCUT2D eigenvalue weighted by atomic mass is 10.7. The van der Waals surface area contributed by atoms with Gasteiger partial charge in [0.25, 0.3) is 5.56 Å². The summed E-state index contributed by atoms with van der Waals surface area (Å²) in [5.41, 5.74) is -0.244. The third-order valence-corrected chi connectivity index (χ3v) is 4.52. The highest BCUT2D eigenvalue weighted by atomic mass is 32.2. The maximum atomic E-state index is 11.6. The highest BCUT2D eigenvalue weighted by Gasteiger charge is 2.08. The maximum Gasteiger partial charge on any atom is 0.251 e. The van der Waals surface area contributed by atoms with Crippen LogP contribution < -0.4 is 10.9 Å². The number of aromatic nitrogens is 4. The van der Waals surface area contributed by atoms with Gasteiger partial charge in [-0.25, -0.2) is 4.98 Å². The van der Waals surface area contributed by atoms with E-state index in [0.717, 1.165) is 16.1 Å². The monoisotopic (exact) mass is 315 g/mol. The number of hydrogen-bond donors (Lipinski definition) is 2. The third kappa shape index (κ3) is 4.33. The van der Waals surface area contributed by atoms with Gasteiger partial charge in [-0.2, -0.15) is 0 Å². The van der Waals surface area contributed by atoms with Gasteiger partial charge in [-0.1, -0.05) is 34.9 Å². The van der Waals surface area contributed by atoms with Crippen LogP contribution in [0.2, 0.25) is 0 Å². The van der Waals surface area contributed by atoms with Crippen molar-refractivity contribution >= 4 is 45.9 Å². The van der Waals surface area contributed by atoms with Gasteiger partial charge >= 0.3 is 0 Å². The molecule has 7 nitrogen and oxygen atoms in total. The van der Waals surface area contributed by atoms with Crippen LogP contribution in [0.5, 0.6) is 0 Å². The minimum absolute atomic E-state index is 0.140. The minimum atomic E-state index is -0.244. The molecule has 0 fully saturated rings. The molecule has 2 heterocycles. The van der Waals surface area contributed by atoms with Crippen molar-refractivity contribution in [2.45, 2.75) is 9.50 Å². The topological polar surface area (TPSA) is 101 Å². The Kier molecular flexibility index (Phi) is 4.93. The molecule has 0 saturated carbocycles. The molecule has 0 unspecified atom stereocenters. The summed E-state index contributed by atoms with van der Waals surface area (Å²) in [6.45, 7) is 0. The summed E-state index contributed by atoms with van der Waals surface area (Å²) in [6.07, 6.45) is 3.29. The predicted octanol–water partition coefficient (Wildman–Crippen LogP) is 1.07. The van der Waals surface area contributed by atoms with Gasteiger partial charge < -0.3 is 4.98 Å². The highest BCUT2D eigenvalue weighted by Crippen LogP contribution is 2.23. The summed E-state index contributed by atoms with van der Waals surface area (Å²) in [5, 5.41) is 11.2. The summed E-state index contributed by atoms with van der Waals surface area (Å²) >= 11 is 3.93. The molecule has 0 atom stereocenters. The van der Waals surface area contributed by atoms with Gasteiger partial charge in [0, 0.05) is 12.3 Å². The number of aromatic amines is 1. The van der Waals surface area contributed by atoms with Crippen LogP contribution in [-0.2, 0) is 4.79 Å². The van der Waals surface area contributed by atoms with Crippen molar-refractivity contribution in [3.05, 3.63) is 22.6 Å². The SMILES string of the molecule is CSc1nnc(NC(=O)CSc2nccc(=O)[nH]2)s1. The Morgan fingerprint density at radius 2 is 2.37 bits per heavy atom. The zero-order valence-corrected chi connectivity index (χ0v) is 12.2. The van der Waals surface area contributed by atoms with E-state index in [1.54, 1.807) is 0 Å². The fourth-order valence-corrected chi connectivity index (χ4v) is 2.89. The van der Waals surface area contributed by atoms with Crippen LogP contribution in [0.4, 0.5) is 5.13 Å². The molecule has 19 heavy (non-hydrogen) atoms. The van der Waals surface area contributed by atoms with Gasteiger partial charge in [-0.15, -0.1) is 10.2 Å². The lowest BCUT2D eigenvalue weighted by Gasteiger charge is -2.00. The molecule has 100 valence electrons. The van der Waals surface area contributed by atoms with E-state index in [4.69, 9.17) is 0 Å². The Hall–Kier alpha value is -1.39. The summed E-state index contributed by atoms with van der Waals surface area (Å²) < 4.78 is 0.789. The van der Waals surface area contributed by atoms with Gasteiger partial charge in [0.05, 0.1) is 5.75 Å². The van der Waals surface area contributed by atoms with Crippen LogP contribution in [0.1, 0.15) is 0 Å². The summed E-state index contributed by atoms with van der Waals surface area (Å²) in [7, 11) is 0. The standard InChI is InChI=1S/C9H9N5O2S3/c1-17-9-14-13-8(19-9)12-6(16)4-18-7-10-3-2-5(15)11-7/h2-3H,4H2,1H3,(H,10,11,15)(H,12,13,16). The molecule has 2 aromatic heterocycles. The molecule has 1 amide bonds. The molecule has 2 rings (SSSR count). The first-order chi connectivity index (χ1) is 9.17. The quantitative estimate of drug-likeness (QED) is 0.483. The first kappa shape index (κ1) is 14.0. The van der Waals surface area contributed by atoms with E-state index in [1.165, 1.54) is 35.4 Å². The van der Waals surface area contributed by atoms with Crippen molar-refractivity contribution in [3.8, 4) is 0 Å². The maximum absolute atomic E-state index is 11.6. The van der Waals surface area contributed by atoms with E-state index < -0.39 is 0 Å². The summed E-state index contributed by atoms with van der Waals surface area (Å²) in [5.74, 6) is -0.0819. The van der Waals surface area contributed by atoms with Crippen LogP contribution in [0, 0.1) is 0 Å². The Bertz CT molecular complexity index is 626. The summed E-state index contributed by atoms with van der Waals surface area (Å²) in [6, 6.07) is 1.31. The average molecular weight is 315 g/mol. The molecule has 0 aliphatic rings. The fourth-order valence-electron chi connectivity index (χ4n) is 1.06. The second kappa shape index (κ2) is 6.68. The van der Waals surface area contributed by atoms with Gasteiger partial charge in [0.1, 0.15) is 0 Å². The second-order valence-corrected chi connectivity index (χ2v) is 6.15. The number of hydrogen-bond acceptors (Lipinski definition) is 8. The molecule has 0 aliphatic heterocycles. The van der Waals surface area contributed by atoms with Gasteiger partial charge in [0.15, 0.2) is 9.50 Å². The van der Waals surface area contributed by atoms with Crippen molar-refractivity contribution in [3.63, 3.8) is 0 Å². The average Bonchev–Trinajstić information content (AvgIpc) is 2.84. The number of anilines is 1. The van der Waals surface area contributed by atoms with Gasteiger partial charge in [-0.3, -0.25) is 14.9 Å². The van der Waals surface area contributed by atoms with Crippen LogP contribution >= 0.6 is 34.9 Å². The predicted molar refractivity (Wildman–Crippen MR) is 75.9 cm³/mol. The molecule has 0 saturated heterocycles. The lowest BCUT2D eigenvalue weighted by molar-refractivity contribution is -0.113. The molecule has 10 heteroatoms. The van der Waals surface area contributed by atoms with Crippen LogP contribution in [-0.4, -0.2) is 38.1 Å². The number of thioether (sulfide) groups is 2. The van der Waals surface area contributed by atoms with Crippen molar-refractivity contribution in [1.82, 2.24) is 20.2 Å². The second-order valence-electron chi connectivity index (χ2n) is 3.15. The van der Waals surface area contributed by atoms with E-state index in [0.29, 0.717) is 10.3 Å². The first-order valence-electron chi connectivity index (χ1n) is 5.03. The number of carbonyl (C=O) groups is 1. The van der Waals surface area contributed by atoms with Crippen molar-refractivity contribution in [2.75, 3.05) is 17.3 Å². The molecule has 0 spiro atoms. The number of H-pyrrole nitrogens is 1. The molecule has 0 aliphatic carbocycles. The Morgan fingerprint density at radius 3 is 3.05 bits per heavy atom. The fraction of sp³-hybridized carbons (Fsp3) is 0.222. The molecule has 0 radical (unpaired) electrons. The van der Waals surface area contributed by atoms with Crippen molar-refractivity contribution < 1.29 is 4.79 Å². The normalized spacial score (nSPS) is 10.4. The molecule has 0 bridgehead atoms. The molecule has 0 aromatic carbocycles. The first-order valence-corrected chi connectivity index (χ1v) is 8.05. The third-order valence-electron chi connectivity index (χ3n) is 1.82. The van der Waals surface area contributed by atoms with E-state index in [-0.39, 0.29) is 17.2 Å². The Balaban J connectivity index is 1.86. The Morgan fingerprint density at radius 1 is 1.53 bits per heavy atom. The van der Waals surface area contributed by atoms with Crippen LogP contribution in [0.25, 0.3) is 0 Å². The Labute approximate surface area is 120 Å². The van der Waals surface area contributed by atoms with Crippen LogP contribution in [0.15, 0.2) is 26.6 Å². The molecular weight excluding hydrogens is 306 g/mol. The van der Waals surface area contributed by atoms with E-state index in [2.05, 4.69) is 25.5 Å². The number of amides is 1. The lowest BCUT2D eigenvalue weighted by Crippen LogP contribution is -2.15. The number of nitrogens with one attached hydrogen (secondary N) is 2. The van der Waals surface area contributed by atoms with Crippen molar-refractivity contribution in [2.24, 2.45) is 0 Å². The molecule has 2 aromatic rings. The van der Waals surface area contributed by atoms with E-state index in [1.807, 2.05) is 6.26 Å². The molecular formula is C9H9N5O2S3. The largest absolute Gasteiger partial charge is 0.301 e. The van der Waals surface area contributed by atoms with Crippen molar-refractivity contribution in [1.29, 1.82) is 0 Å². The number of carbonyl (C=O) groups excluding carboxylic acids is 1. The van der Waals surface area contributed by atoms with Gasteiger partial charge in [0.2, 0.25) is 11.0 Å². The smallest absolute Gasteiger partial charge is 0.251 e. The summed E-state index contributed by atoms with van der Waals surface area (Å²) in [4.78, 5) is 29.1. The van der Waals surface area contributed by atoms with E-state index in [9.17, 15) is 9.59 Å². The zero-order chi connectivity index (χ0) is 13.7. The van der Waals surface area contributed by atoms with Crippen LogP contribution in [0.3, 0.4) is 0 Å². The van der Waals surface area contributed by atoms with E-state index >= 15 is 0 Å².